The second-order valence-electron chi connectivity index (χ2n) is 3.16. The molecule has 7 heteroatoms. The zero-order valence-electron chi connectivity index (χ0n) is 9.54. The topological polar surface area (TPSA) is 92.1 Å². The van der Waals surface area contributed by atoms with Gasteiger partial charge in [0.05, 0.1) is 6.54 Å². The SMILES string of the molecule is CCNC(=O)CCNc1nnc(CNC)o1. The number of aromatic nitrogens is 2. The lowest BCUT2D eigenvalue weighted by atomic mass is 10.4. The maximum absolute atomic E-state index is 11.1. The van der Waals surface area contributed by atoms with Gasteiger partial charge in [0, 0.05) is 19.5 Å². The van der Waals surface area contributed by atoms with E-state index in [-0.39, 0.29) is 5.91 Å². The van der Waals surface area contributed by atoms with Crippen LogP contribution in [0.4, 0.5) is 6.01 Å². The van der Waals surface area contributed by atoms with Crippen molar-refractivity contribution in [2.45, 2.75) is 19.9 Å². The summed E-state index contributed by atoms with van der Waals surface area (Å²) in [6.45, 7) is 3.54. The molecule has 0 aliphatic heterocycles. The first-order valence-corrected chi connectivity index (χ1v) is 5.23. The summed E-state index contributed by atoms with van der Waals surface area (Å²) in [5.41, 5.74) is 0. The molecular weight excluding hydrogens is 210 g/mol. The Labute approximate surface area is 94.0 Å². The smallest absolute Gasteiger partial charge is 0.315 e. The maximum Gasteiger partial charge on any atom is 0.315 e. The van der Waals surface area contributed by atoms with Gasteiger partial charge in [0.1, 0.15) is 0 Å². The van der Waals surface area contributed by atoms with Gasteiger partial charge in [-0.05, 0) is 14.0 Å². The van der Waals surface area contributed by atoms with E-state index in [4.69, 9.17) is 4.42 Å². The van der Waals surface area contributed by atoms with Crippen LogP contribution in [0.5, 0.6) is 0 Å². The third kappa shape index (κ3) is 4.26. The van der Waals surface area contributed by atoms with Gasteiger partial charge in [0.2, 0.25) is 11.8 Å². The molecule has 0 radical (unpaired) electrons. The molecule has 0 bridgehead atoms. The molecule has 0 aromatic carbocycles. The Morgan fingerprint density at radius 3 is 2.94 bits per heavy atom. The summed E-state index contributed by atoms with van der Waals surface area (Å²) in [7, 11) is 1.80. The predicted octanol–water partition coefficient (Wildman–Crippen LogP) is -0.273. The van der Waals surface area contributed by atoms with E-state index in [2.05, 4.69) is 26.1 Å². The van der Waals surface area contributed by atoms with E-state index >= 15 is 0 Å². The van der Waals surface area contributed by atoms with E-state index in [1.54, 1.807) is 7.05 Å². The lowest BCUT2D eigenvalue weighted by molar-refractivity contribution is -0.120. The minimum Gasteiger partial charge on any atom is -0.407 e. The zero-order chi connectivity index (χ0) is 11.8. The number of hydrogen-bond donors (Lipinski definition) is 3. The summed E-state index contributed by atoms with van der Waals surface area (Å²) in [6, 6.07) is 0.342. The van der Waals surface area contributed by atoms with Crippen molar-refractivity contribution in [2.75, 3.05) is 25.5 Å². The number of amides is 1. The van der Waals surface area contributed by atoms with Crippen LogP contribution in [0.15, 0.2) is 4.42 Å². The highest BCUT2D eigenvalue weighted by Crippen LogP contribution is 2.04. The molecule has 7 nitrogen and oxygen atoms in total. The van der Waals surface area contributed by atoms with E-state index in [0.29, 0.717) is 38.0 Å². The van der Waals surface area contributed by atoms with Gasteiger partial charge in [-0.25, -0.2) is 0 Å². The molecule has 16 heavy (non-hydrogen) atoms. The summed E-state index contributed by atoms with van der Waals surface area (Å²) in [5, 5.41) is 16.1. The van der Waals surface area contributed by atoms with E-state index in [9.17, 15) is 4.79 Å². The van der Waals surface area contributed by atoms with Crippen molar-refractivity contribution in [3.8, 4) is 0 Å². The summed E-state index contributed by atoms with van der Waals surface area (Å²) in [5.74, 6) is 0.521. The van der Waals surface area contributed by atoms with Crippen molar-refractivity contribution in [2.24, 2.45) is 0 Å². The first-order valence-electron chi connectivity index (χ1n) is 5.23. The lowest BCUT2D eigenvalue weighted by Gasteiger charge is -2.01. The van der Waals surface area contributed by atoms with Gasteiger partial charge >= 0.3 is 6.01 Å². The highest BCUT2D eigenvalue weighted by atomic mass is 16.4. The minimum absolute atomic E-state index is 0.00460. The van der Waals surface area contributed by atoms with Crippen LogP contribution in [0, 0.1) is 0 Å². The highest BCUT2D eigenvalue weighted by molar-refractivity contribution is 5.76. The molecule has 1 amide bonds. The van der Waals surface area contributed by atoms with Crippen molar-refractivity contribution in [1.29, 1.82) is 0 Å². The van der Waals surface area contributed by atoms with E-state index < -0.39 is 0 Å². The van der Waals surface area contributed by atoms with Crippen LogP contribution in [0.2, 0.25) is 0 Å². The van der Waals surface area contributed by atoms with Gasteiger partial charge in [-0.15, -0.1) is 5.10 Å². The van der Waals surface area contributed by atoms with Crippen molar-refractivity contribution in [1.82, 2.24) is 20.8 Å². The van der Waals surface area contributed by atoms with Gasteiger partial charge in [0.25, 0.3) is 0 Å². The molecule has 1 heterocycles. The predicted molar refractivity (Wildman–Crippen MR) is 58.9 cm³/mol. The monoisotopic (exact) mass is 227 g/mol. The molecule has 0 atom stereocenters. The summed E-state index contributed by atoms with van der Waals surface area (Å²) in [4.78, 5) is 11.1. The second kappa shape index (κ2) is 6.78. The molecule has 0 fully saturated rings. The molecule has 0 unspecified atom stereocenters. The van der Waals surface area contributed by atoms with Gasteiger partial charge in [-0.3, -0.25) is 4.79 Å². The fourth-order valence-electron chi connectivity index (χ4n) is 1.12. The molecular formula is C9H17N5O2. The number of carbonyl (C=O) groups excluding carboxylic acids is 1. The number of rotatable bonds is 7. The molecule has 0 aliphatic rings. The van der Waals surface area contributed by atoms with Crippen molar-refractivity contribution >= 4 is 11.9 Å². The van der Waals surface area contributed by atoms with Crippen LogP contribution in [0.1, 0.15) is 19.2 Å². The first kappa shape index (κ1) is 12.4. The molecule has 1 rings (SSSR count). The van der Waals surface area contributed by atoms with Gasteiger partial charge < -0.3 is 20.4 Å². The Morgan fingerprint density at radius 1 is 1.44 bits per heavy atom. The summed E-state index contributed by atoms with van der Waals surface area (Å²) >= 11 is 0. The van der Waals surface area contributed by atoms with Gasteiger partial charge in [-0.1, -0.05) is 5.10 Å². The molecule has 3 N–H and O–H groups in total. The maximum atomic E-state index is 11.1. The van der Waals surface area contributed by atoms with Gasteiger partial charge in [-0.2, -0.15) is 0 Å². The van der Waals surface area contributed by atoms with Crippen LogP contribution < -0.4 is 16.0 Å². The Hall–Kier alpha value is -1.63. The van der Waals surface area contributed by atoms with E-state index in [1.807, 2.05) is 6.92 Å². The zero-order valence-corrected chi connectivity index (χ0v) is 9.54. The normalized spacial score (nSPS) is 10.1. The van der Waals surface area contributed by atoms with E-state index in [1.165, 1.54) is 0 Å². The molecule has 0 spiro atoms. The molecule has 0 aliphatic carbocycles. The molecule has 0 saturated carbocycles. The molecule has 1 aromatic rings. The van der Waals surface area contributed by atoms with Crippen molar-refractivity contribution in [3.63, 3.8) is 0 Å². The fourth-order valence-corrected chi connectivity index (χ4v) is 1.12. The Morgan fingerprint density at radius 2 is 2.25 bits per heavy atom. The Bertz CT molecular complexity index is 325. The number of nitrogens with zero attached hydrogens (tertiary/aromatic N) is 2. The van der Waals surface area contributed by atoms with E-state index in [0.717, 1.165) is 0 Å². The molecule has 0 saturated heterocycles. The number of nitrogens with one attached hydrogen (secondary N) is 3. The van der Waals surface area contributed by atoms with Gasteiger partial charge in [0.15, 0.2) is 0 Å². The molecule has 90 valence electrons. The number of anilines is 1. The third-order valence-corrected chi connectivity index (χ3v) is 1.80. The average molecular weight is 227 g/mol. The van der Waals surface area contributed by atoms with Crippen LogP contribution in [-0.2, 0) is 11.3 Å². The van der Waals surface area contributed by atoms with Crippen LogP contribution >= 0.6 is 0 Å². The number of hydrogen-bond acceptors (Lipinski definition) is 6. The second-order valence-corrected chi connectivity index (χ2v) is 3.16. The average Bonchev–Trinajstić information content (AvgIpc) is 2.67. The van der Waals surface area contributed by atoms with Crippen LogP contribution in [-0.4, -0.2) is 36.2 Å². The third-order valence-electron chi connectivity index (χ3n) is 1.80. The largest absolute Gasteiger partial charge is 0.407 e. The first-order chi connectivity index (χ1) is 7.76. The van der Waals surface area contributed by atoms with Crippen molar-refractivity contribution < 1.29 is 9.21 Å². The van der Waals surface area contributed by atoms with Crippen molar-refractivity contribution in [3.05, 3.63) is 5.89 Å². The number of carbonyl (C=O) groups is 1. The lowest BCUT2D eigenvalue weighted by Crippen LogP contribution is -2.24. The Balaban J connectivity index is 2.23. The minimum atomic E-state index is 0.00460. The standard InChI is InChI=1S/C9H17N5O2/c1-3-11-7(15)4-5-12-9-14-13-8(16-9)6-10-2/h10H,3-6H2,1-2H3,(H,11,15)(H,12,14). The highest BCUT2D eigenvalue weighted by Gasteiger charge is 2.05. The van der Waals surface area contributed by atoms with Crippen LogP contribution in [0.3, 0.4) is 0 Å². The quantitative estimate of drug-likeness (QED) is 0.593. The molecule has 1 aromatic heterocycles. The fraction of sp³-hybridized carbons (Fsp3) is 0.667. The Kier molecular flexibility index (Phi) is 5.27. The summed E-state index contributed by atoms with van der Waals surface area (Å²) < 4.78 is 5.24. The summed E-state index contributed by atoms with van der Waals surface area (Å²) in [6.07, 6.45) is 0.386. The van der Waals surface area contributed by atoms with Crippen LogP contribution in [0.25, 0.3) is 0 Å².